The van der Waals surface area contributed by atoms with Crippen molar-refractivity contribution in [1.29, 1.82) is 0 Å². The molecule has 1 aliphatic heterocycles. The second-order valence-electron chi connectivity index (χ2n) is 2.87. The Morgan fingerprint density at radius 2 is 2.14 bits per heavy atom. The molecule has 1 rings (SSSR count). The number of thioether (sulfide) groups is 1. The first kappa shape index (κ1) is 11.1. The van der Waals surface area contributed by atoms with E-state index in [9.17, 15) is 9.59 Å². The Kier molecular flexibility index (Phi) is 4.52. The van der Waals surface area contributed by atoms with Crippen LogP contribution < -0.4 is 5.43 Å². The molecular formula is C9H13N2O2S. The van der Waals surface area contributed by atoms with E-state index in [1.54, 1.807) is 17.8 Å². The summed E-state index contributed by atoms with van der Waals surface area (Å²) in [5.41, 5.74) is 3.73. The molecule has 0 saturated carbocycles. The second-order valence-corrected chi connectivity index (χ2v) is 4.10. The number of amides is 2. The molecule has 0 aliphatic carbocycles. The van der Waals surface area contributed by atoms with Gasteiger partial charge in [-0.25, -0.2) is 5.01 Å². The minimum atomic E-state index is -0.227. The van der Waals surface area contributed by atoms with Crippen LogP contribution in [-0.4, -0.2) is 34.9 Å². The van der Waals surface area contributed by atoms with Gasteiger partial charge in [0.15, 0.2) is 0 Å². The third-order valence-corrected chi connectivity index (χ3v) is 2.73. The van der Waals surface area contributed by atoms with Crippen LogP contribution in [0.5, 0.6) is 0 Å². The van der Waals surface area contributed by atoms with Crippen LogP contribution in [0.3, 0.4) is 0 Å². The summed E-state index contributed by atoms with van der Waals surface area (Å²) in [7, 11) is 0. The van der Waals surface area contributed by atoms with Crippen molar-refractivity contribution in [2.45, 2.75) is 12.8 Å². The van der Waals surface area contributed by atoms with E-state index in [2.05, 4.69) is 12.0 Å². The van der Waals surface area contributed by atoms with Gasteiger partial charge in [-0.2, -0.15) is 11.8 Å². The fourth-order valence-electron chi connectivity index (χ4n) is 1.06. The van der Waals surface area contributed by atoms with Crippen molar-refractivity contribution in [3.63, 3.8) is 0 Å². The van der Waals surface area contributed by atoms with Gasteiger partial charge in [-0.05, 0) is 0 Å². The predicted molar refractivity (Wildman–Crippen MR) is 55.6 cm³/mol. The third-order valence-electron chi connectivity index (χ3n) is 1.74. The van der Waals surface area contributed by atoms with E-state index < -0.39 is 0 Å². The Balaban J connectivity index is 2.60. The highest BCUT2D eigenvalue weighted by molar-refractivity contribution is 7.99. The van der Waals surface area contributed by atoms with Gasteiger partial charge >= 0.3 is 0 Å². The highest BCUT2D eigenvalue weighted by Gasteiger charge is 2.18. The second kappa shape index (κ2) is 5.70. The maximum absolute atomic E-state index is 11.5. The van der Waals surface area contributed by atoms with Gasteiger partial charge in [0.1, 0.15) is 0 Å². The van der Waals surface area contributed by atoms with Crippen molar-refractivity contribution in [3.05, 3.63) is 12.7 Å². The largest absolute Gasteiger partial charge is 0.273 e. The summed E-state index contributed by atoms with van der Waals surface area (Å²) in [5, 5.41) is 1.21. The molecule has 0 aromatic heterocycles. The molecule has 0 aromatic rings. The Morgan fingerprint density at radius 1 is 1.43 bits per heavy atom. The Hall–Kier alpha value is -0.970. The first-order chi connectivity index (χ1) is 6.74. The molecule has 0 aromatic carbocycles. The lowest BCUT2D eigenvalue weighted by atomic mass is 10.4. The monoisotopic (exact) mass is 213 g/mol. The van der Waals surface area contributed by atoms with E-state index in [1.165, 1.54) is 5.01 Å². The van der Waals surface area contributed by atoms with E-state index in [0.717, 1.165) is 11.5 Å². The highest BCUT2D eigenvalue weighted by atomic mass is 32.2. The van der Waals surface area contributed by atoms with Gasteiger partial charge in [0.05, 0.1) is 6.54 Å². The van der Waals surface area contributed by atoms with E-state index in [0.29, 0.717) is 19.4 Å². The zero-order chi connectivity index (χ0) is 10.4. The van der Waals surface area contributed by atoms with Gasteiger partial charge < -0.3 is 0 Å². The van der Waals surface area contributed by atoms with Crippen LogP contribution >= 0.6 is 11.8 Å². The molecule has 14 heavy (non-hydrogen) atoms. The van der Waals surface area contributed by atoms with Crippen molar-refractivity contribution in [1.82, 2.24) is 10.4 Å². The van der Waals surface area contributed by atoms with Crippen molar-refractivity contribution in [2.24, 2.45) is 0 Å². The summed E-state index contributed by atoms with van der Waals surface area (Å²) in [5.74, 6) is 1.18. The summed E-state index contributed by atoms with van der Waals surface area (Å²) in [6, 6.07) is 0. The molecule has 2 amide bonds. The van der Waals surface area contributed by atoms with Gasteiger partial charge in [0, 0.05) is 24.3 Å². The summed E-state index contributed by atoms with van der Waals surface area (Å²) in [6.07, 6.45) is 2.42. The number of carbonyl (C=O) groups excluding carboxylic acids is 2. The first-order valence-electron chi connectivity index (χ1n) is 4.47. The minimum absolute atomic E-state index is 0.104. The predicted octanol–water partition coefficient (Wildman–Crippen LogP) is 0.574. The van der Waals surface area contributed by atoms with Gasteiger partial charge in [0.2, 0.25) is 5.91 Å². The fourth-order valence-corrected chi connectivity index (χ4v) is 1.90. The summed E-state index contributed by atoms with van der Waals surface area (Å²) in [4.78, 5) is 22.7. The van der Waals surface area contributed by atoms with E-state index >= 15 is 0 Å². The molecule has 1 heterocycles. The Bertz CT molecular complexity index is 243. The van der Waals surface area contributed by atoms with Crippen molar-refractivity contribution >= 4 is 23.6 Å². The smallest absolute Gasteiger partial charge is 0.263 e. The lowest BCUT2D eigenvalue weighted by Gasteiger charge is -2.17. The quantitative estimate of drug-likeness (QED) is 0.630. The Labute approximate surface area is 87.7 Å². The van der Waals surface area contributed by atoms with Crippen molar-refractivity contribution in [2.75, 3.05) is 18.1 Å². The number of nitrogens with zero attached hydrogens (tertiary/aromatic N) is 2. The zero-order valence-electron chi connectivity index (χ0n) is 7.94. The normalized spacial score (nSPS) is 19.3. The highest BCUT2D eigenvalue weighted by Crippen LogP contribution is 2.09. The number of hydrogen-bond acceptors (Lipinski definition) is 3. The number of hydrogen-bond donors (Lipinski definition) is 0. The minimum Gasteiger partial charge on any atom is -0.273 e. The summed E-state index contributed by atoms with van der Waals surface area (Å²) >= 11 is 1.62. The number of rotatable bonds is 2. The molecule has 1 aliphatic rings. The molecule has 4 nitrogen and oxygen atoms in total. The Morgan fingerprint density at radius 3 is 2.86 bits per heavy atom. The fraction of sp³-hybridized carbons (Fsp3) is 0.556. The van der Waals surface area contributed by atoms with Crippen LogP contribution in [0, 0.1) is 0 Å². The molecule has 1 fully saturated rings. The molecule has 5 heteroatoms. The molecule has 1 saturated heterocycles. The maximum Gasteiger partial charge on any atom is 0.263 e. The van der Waals surface area contributed by atoms with E-state index in [4.69, 9.17) is 0 Å². The van der Waals surface area contributed by atoms with Gasteiger partial charge in [-0.3, -0.25) is 9.59 Å². The van der Waals surface area contributed by atoms with E-state index in [1.807, 2.05) is 0 Å². The van der Waals surface area contributed by atoms with Crippen LogP contribution in [0.2, 0.25) is 0 Å². The van der Waals surface area contributed by atoms with Crippen LogP contribution in [0.15, 0.2) is 12.7 Å². The third kappa shape index (κ3) is 3.41. The number of carbonyl (C=O) groups is 2. The average molecular weight is 213 g/mol. The topological polar surface area (TPSA) is 51.5 Å². The van der Waals surface area contributed by atoms with Crippen molar-refractivity contribution in [3.8, 4) is 0 Å². The average Bonchev–Trinajstić information content (AvgIpc) is 2.21. The van der Waals surface area contributed by atoms with Gasteiger partial charge in [0.25, 0.3) is 5.91 Å². The first-order valence-corrected chi connectivity index (χ1v) is 5.63. The van der Waals surface area contributed by atoms with Crippen LogP contribution in [0.1, 0.15) is 12.8 Å². The van der Waals surface area contributed by atoms with Crippen LogP contribution in [0.25, 0.3) is 0 Å². The molecular weight excluding hydrogens is 200 g/mol. The molecule has 0 bridgehead atoms. The lowest BCUT2D eigenvalue weighted by molar-refractivity contribution is -0.140. The standard InChI is InChI=1S/C9H13N2O2S/c1-2-5-11-9(13)4-7-14-6-3-8(12)10-11/h2H,1,3-7H2. The molecule has 1 radical (unpaired) electrons. The molecule has 0 spiro atoms. The molecule has 0 unspecified atom stereocenters. The van der Waals surface area contributed by atoms with Crippen LogP contribution in [-0.2, 0) is 9.59 Å². The van der Waals surface area contributed by atoms with Crippen LogP contribution in [0.4, 0.5) is 0 Å². The zero-order valence-corrected chi connectivity index (χ0v) is 8.76. The molecule has 77 valence electrons. The lowest BCUT2D eigenvalue weighted by Crippen LogP contribution is -2.40. The molecule has 0 atom stereocenters. The summed E-state index contributed by atoms with van der Waals surface area (Å²) < 4.78 is 0. The SMILES string of the molecule is C=CCN1[N]C(=O)CCSCCC1=O. The maximum atomic E-state index is 11.5. The van der Waals surface area contributed by atoms with Crippen molar-refractivity contribution < 1.29 is 9.59 Å². The van der Waals surface area contributed by atoms with Gasteiger partial charge in [-0.1, -0.05) is 6.08 Å². The summed E-state index contributed by atoms with van der Waals surface area (Å²) in [6.45, 7) is 3.84. The molecule has 0 N–H and O–H groups in total. The van der Waals surface area contributed by atoms with Gasteiger partial charge in [-0.15, -0.1) is 12.0 Å². The van der Waals surface area contributed by atoms with E-state index in [-0.39, 0.29) is 11.8 Å².